The summed E-state index contributed by atoms with van der Waals surface area (Å²) in [4.78, 5) is 15.9. The molecule has 3 nitrogen and oxygen atoms in total. The molecule has 2 atom stereocenters. The van der Waals surface area contributed by atoms with E-state index in [1.807, 2.05) is 0 Å². The lowest BCUT2D eigenvalue weighted by atomic mass is 9.88. The first-order valence-electron chi connectivity index (χ1n) is 5.99. The fourth-order valence-corrected chi connectivity index (χ4v) is 2.56. The quantitative estimate of drug-likeness (QED) is 0.619. The molecular formula is C13H16BrNO2. The third-order valence-corrected chi connectivity index (χ3v) is 3.69. The molecule has 0 N–H and O–H groups in total. The highest BCUT2D eigenvalue weighted by Gasteiger charge is 2.25. The van der Waals surface area contributed by atoms with Crippen molar-refractivity contribution in [3.63, 3.8) is 0 Å². The third-order valence-electron chi connectivity index (χ3n) is 3.25. The monoisotopic (exact) mass is 297 g/mol. The van der Waals surface area contributed by atoms with Crippen LogP contribution < -0.4 is 0 Å². The maximum atomic E-state index is 11.9. The van der Waals surface area contributed by atoms with Crippen LogP contribution >= 0.6 is 15.9 Å². The van der Waals surface area contributed by atoms with E-state index >= 15 is 0 Å². The largest absolute Gasteiger partial charge is 0.458 e. The first kappa shape index (κ1) is 12.6. The molecule has 0 amide bonds. The molecule has 2 rings (SSSR count). The van der Waals surface area contributed by atoms with Crippen LogP contribution in [0.4, 0.5) is 0 Å². The summed E-state index contributed by atoms with van der Waals surface area (Å²) in [6.45, 7) is 2.15. The maximum Gasteiger partial charge on any atom is 0.338 e. The summed E-state index contributed by atoms with van der Waals surface area (Å²) in [7, 11) is 0. The highest BCUT2D eigenvalue weighted by molar-refractivity contribution is 9.10. The van der Waals surface area contributed by atoms with Gasteiger partial charge < -0.3 is 4.74 Å². The zero-order valence-electron chi connectivity index (χ0n) is 9.86. The number of hydrogen-bond acceptors (Lipinski definition) is 3. The molecule has 0 spiro atoms. The van der Waals surface area contributed by atoms with Crippen molar-refractivity contribution >= 4 is 21.9 Å². The van der Waals surface area contributed by atoms with Crippen molar-refractivity contribution in [2.45, 2.75) is 38.7 Å². The van der Waals surface area contributed by atoms with Crippen molar-refractivity contribution in [1.29, 1.82) is 0 Å². The summed E-state index contributed by atoms with van der Waals surface area (Å²) >= 11 is 3.25. The van der Waals surface area contributed by atoms with Crippen LogP contribution in [0.15, 0.2) is 22.9 Å². The minimum atomic E-state index is -0.244. The molecule has 4 heteroatoms. The van der Waals surface area contributed by atoms with E-state index < -0.39 is 0 Å². The van der Waals surface area contributed by atoms with Gasteiger partial charge in [0.25, 0.3) is 0 Å². The molecule has 1 heterocycles. The normalized spacial score (nSPS) is 24.4. The zero-order chi connectivity index (χ0) is 12.3. The predicted octanol–water partition coefficient (Wildman–Crippen LogP) is 3.58. The number of hydrogen-bond donors (Lipinski definition) is 0. The first-order valence-corrected chi connectivity index (χ1v) is 6.78. The van der Waals surface area contributed by atoms with E-state index in [1.54, 1.807) is 18.3 Å². The Kier molecular flexibility index (Phi) is 4.15. The molecule has 17 heavy (non-hydrogen) atoms. The third kappa shape index (κ3) is 3.28. The van der Waals surface area contributed by atoms with Crippen LogP contribution in [0.5, 0.6) is 0 Å². The van der Waals surface area contributed by atoms with Crippen molar-refractivity contribution < 1.29 is 9.53 Å². The standard InChI is InChI=1S/C13H16BrNO2/c1-9-4-2-3-5-11(9)17-13(16)10-6-7-15-12(14)8-10/h6-9,11H,2-5H2,1H3. The molecule has 0 saturated heterocycles. The molecule has 0 radical (unpaired) electrons. The van der Waals surface area contributed by atoms with Crippen LogP contribution in [0.25, 0.3) is 0 Å². The molecule has 0 aromatic carbocycles. The Labute approximate surface area is 110 Å². The van der Waals surface area contributed by atoms with Crippen molar-refractivity contribution in [2.24, 2.45) is 5.92 Å². The fourth-order valence-electron chi connectivity index (χ4n) is 2.19. The number of esters is 1. The van der Waals surface area contributed by atoms with Gasteiger partial charge in [0.2, 0.25) is 0 Å². The van der Waals surface area contributed by atoms with E-state index in [0.717, 1.165) is 19.3 Å². The smallest absolute Gasteiger partial charge is 0.338 e. The summed E-state index contributed by atoms with van der Waals surface area (Å²) in [5, 5.41) is 0. The van der Waals surface area contributed by atoms with Crippen LogP contribution in [0, 0.1) is 5.92 Å². The second kappa shape index (κ2) is 5.63. The van der Waals surface area contributed by atoms with E-state index in [0.29, 0.717) is 16.1 Å². The highest BCUT2D eigenvalue weighted by atomic mass is 79.9. The van der Waals surface area contributed by atoms with E-state index in [2.05, 4.69) is 27.8 Å². The SMILES string of the molecule is CC1CCCCC1OC(=O)c1ccnc(Br)c1. The number of halogens is 1. The Balaban J connectivity index is 2.01. The number of nitrogens with zero attached hydrogens (tertiary/aromatic N) is 1. The van der Waals surface area contributed by atoms with Gasteiger partial charge in [0, 0.05) is 6.20 Å². The summed E-state index contributed by atoms with van der Waals surface area (Å²) in [5.74, 6) is 0.227. The molecule has 2 unspecified atom stereocenters. The van der Waals surface area contributed by atoms with Gasteiger partial charge in [-0.2, -0.15) is 0 Å². The lowest BCUT2D eigenvalue weighted by Gasteiger charge is -2.28. The molecule has 1 aromatic rings. The second-order valence-corrected chi connectivity index (χ2v) is 5.39. The Bertz CT molecular complexity index is 408. The highest BCUT2D eigenvalue weighted by Crippen LogP contribution is 2.27. The lowest BCUT2D eigenvalue weighted by molar-refractivity contribution is 0.00479. The van der Waals surface area contributed by atoms with E-state index in [-0.39, 0.29) is 12.1 Å². The van der Waals surface area contributed by atoms with Gasteiger partial charge in [0.15, 0.2) is 0 Å². The van der Waals surface area contributed by atoms with Gasteiger partial charge in [-0.3, -0.25) is 0 Å². The number of ether oxygens (including phenoxy) is 1. The zero-order valence-corrected chi connectivity index (χ0v) is 11.4. The molecule has 92 valence electrons. The van der Waals surface area contributed by atoms with Gasteiger partial charge in [-0.1, -0.05) is 13.3 Å². The molecule has 1 aliphatic carbocycles. The number of carbonyl (C=O) groups is 1. The average Bonchev–Trinajstić information content (AvgIpc) is 2.32. The summed E-state index contributed by atoms with van der Waals surface area (Å²) in [5.41, 5.74) is 0.560. The van der Waals surface area contributed by atoms with Crippen molar-refractivity contribution in [2.75, 3.05) is 0 Å². The molecule has 1 saturated carbocycles. The van der Waals surface area contributed by atoms with Crippen LogP contribution in [0.1, 0.15) is 43.0 Å². The van der Waals surface area contributed by atoms with Crippen LogP contribution in [-0.4, -0.2) is 17.1 Å². The molecule has 1 aliphatic rings. The Hall–Kier alpha value is -0.900. The van der Waals surface area contributed by atoms with Gasteiger partial charge in [-0.05, 0) is 53.2 Å². The van der Waals surface area contributed by atoms with Crippen LogP contribution in [-0.2, 0) is 4.74 Å². The topological polar surface area (TPSA) is 39.2 Å². The van der Waals surface area contributed by atoms with Crippen molar-refractivity contribution in [1.82, 2.24) is 4.98 Å². The molecule has 1 aromatic heterocycles. The summed E-state index contributed by atoms with van der Waals surface area (Å²) < 4.78 is 6.21. The Morgan fingerprint density at radius 3 is 2.94 bits per heavy atom. The number of aromatic nitrogens is 1. The van der Waals surface area contributed by atoms with Crippen LogP contribution in [0.3, 0.4) is 0 Å². The van der Waals surface area contributed by atoms with Gasteiger partial charge in [-0.15, -0.1) is 0 Å². The number of carbonyl (C=O) groups excluding carboxylic acids is 1. The minimum absolute atomic E-state index is 0.0724. The maximum absolute atomic E-state index is 11.9. The van der Waals surface area contributed by atoms with Gasteiger partial charge in [0.1, 0.15) is 10.7 Å². The molecule has 0 bridgehead atoms. The van der Waals surface area contributed by atoms with E-state index in [1.165, 1.54) is 6.42 Å². The molecule has 0 aliphatic heterocycles. The van der Waals surface area contributed by atoms with E-state index in [9.17, 15) is 4.79 Å². The Morgan fingerprint density at radius 1 is 1.47 bits per heavy atom. The molecule has 1 fully saturated rings. The van der Waals surface area contributed by atoms with Gasteiger partial charge in [-0.25, -0.2) is 9.78 Å². The number of rotatable bonds is 2. The second-order valence-electron chi connectivity index (χ2n) is 4.57. The van der Waals surface area contributed by atoms with Crippen molar-refractivity contribution in [3.05, 3.63) is 28.5 Å². The van der Waals surface area contributed by atoms with Crippen LogP contribution in [0.2, 0.25) is 0 Å². The first-order chi connectivity index (χ1) is 8.16. The minimum Gasteiger partial charge on any atom is -0.458 e. The summed E-state index contributed by atoms with van der Waals surface area (Å²) in [6.07, 6.45) is 6.21. The molecular weight excluding hydrogens is 282 g/mol. The fraction of sp³-hybridized carbons (Fsp3) is 0.538. The van der Waals surface area contributed by atoms with E-state index in [4.69, 9.17) is 4.74 Å². The number of pyridine rings is 1. The van der Waals surface area contributed by atoms with Crippen molar-refractivity contribution in [3.8, 4) is 0 Å². The van der Waals surface area contributed by atoms with Gasteiger partial charge >= 0.3 is 5.97 Å². The average molecular weight is 298 g/mol. The van der Waals surface area contributed by atoms with Gasteiger partial charge in [0.05, 0.1) is 5.56 Å². The lowest BCUT2D eigenvalue weighted by Crippen LogP contribution is -2.28. The Morgan fingerprint density at radius 2 is 2.24 bits per heavy atom. The summed E-state index contributed by atoms with van der Waals surface area (Å²) in [6, 6.07) is 3.37. The predicted molar refractivity (Wildman–Crippen MR) is 68.8 cm³/mol.